The lowest BCUT2D eigenvalue weighted by Crippen LogP contribution is -2.36. The van der Waals surface area contributed by atoms with Gasteiger partial charge in [0, 0.05) is 0 Å². The maximum atomic E-state index is 10.7. The highest BCUT2D eigenvalue weighted by atomic mass is 16.3. The summed E-state index contributed by atoms with van der Waals surface area (Å²) >= 11 is 0. The molecule has 2 saturated carbocycles. The summed E-state index contributed by atoms with van der Waals surface area (Å²) in [6.07, 6.45) is 12.4. The highest BCUT2D eigenvalue weighted by Crippen LogP contribution is 2.36. The minimum atomic E-state index is -0.847. The van der Waals surface area contributed by atoms with Crippen LogP contribution in [0.4, 0.5) is 0 Å². The second-order valence-electron chi connectivity index (χ2n) is 7.78. The topological polar surface area (TPSA) is 40.5 Å². The molecule has 0 bridgehead atoms. The van der Waals surface area contributed by atoms with Crippen LogP contribution in [0.1, 0.15) is 90.9 Å². The molecule has 2 N–H and O–H groups in total. The third-order valence-corrected chi connectivity index (χ3v) is 5.79. The summed E-state index contributed by atoms with van der Waals surface area (Å²) in [5.41, 5.74) is -1.69. The fourth-order valence-corrected chi connectivity index (χ4v) is 4.19. The summed E-state index contributed by atoms with van der Waals surface area (Å²) in [6, 6.07) is 0. The van der Waals surface area contributed by atoms with Crippen molar-refractivity contribution in [3.05, 3.63) is 0 Å². The smallest absolute Gasteiger partial charge is 0.125 e. The summed E-state index contributed by atoms with van der Waals surface area (Å²) in [5.74, 6) is 7.67. The Balaban J connectivity index is 1.87. The van der Waals surface area contributed by atoms with Gasteiger partial charge in [-0.05, 0) is 63.2 Å². The molecule has 2 heteroatoms. The van der Waals surface area contributed by atoms with Crippen molar-refractivity contribution in [3.63, 3.8) is 0 Å². The first-order valence-corrected chi connectivity index (χ1v) is 9.48. The Hall–Kier alpha value is -0.520. The highest BCUT2D eigenvalue weighted by Gasteiger charge is 2.34. The van der Waals surface area contributed by atoms with Crippen molar-refractivity contribution in [1.82, 2.24) is 0 Å². The average Bonchev–Trinajstić information content (AvgIpc) is 2.51. The van der Waals surface area contributed by atoms with Crippen molar-refractivity contribution in [2.45, 2.75) is 102 Å². The molecule has 126 valence electrons. The van der Waals surface area contributed by atoms with E-state index in [0.29, 0.717) is 0 Å². The molecule has 0 aromatic rings. The molecule has 2 nitrogen and oxygen atoms in total. The van der Waals surface area contributed by atoms with Crippen LogP contribution in [0.25, 0.3) is 0 Å². The highest BCUT2D eigenvalue weighted by molar-refractivity contribution is 5.22. The van der Waals surface area contributed by atoms with Gasteiger partial charge < -0.3 is 10.2 Å². The predicted octanol–water partition coefficient (Wildman–Crippen LogP) is 4.43. The SMILES string of the molecule is CCCC1CCC(O)(C#CC2(O)CCC(CCC)CC2)CC1. The molecule has 0 atom stereocenters. The van der Waals surface area contributed by atoms with Crippen LogP contribution in [0.2, 0.25) is 0 Å². The Morgan fingerprint density at radius 2 is 1.05 bits per heavy atom. The minimum absolute atomic E-state index is 0.764. The van der Waals surface area contributed by atoms with Crippen LogP contribution in [-0.4, -0.2) is 21.4 Å². The maximum absolute atomic E-state index is 10.7. The van der Waals surface area contributed by atoms with Gasteiger partial charge in [0.15, 0.2) is 0 Å². The van der Waals surface area contributed by atoms with Crippen molar-refractivity contribution >= 4 is 0 Å². The molecule has 0 saturated heterocycles. The average molecular weight is 306 g/mol. The first-order valence-electron chi connectivity index (χ1n) is 9.48. The van der Waals surface area contributed by atoms with E-state index in [-0.39, 0.29) is 0 Å². The van der Waals surface area contributed by atoms with Crippen molar-refractivity contribution < 1.29 is 10.2 Å². The number of aliphatic hydroxyl groups is 2. The van der Waals surface area contributed by atoms with Crippen LogP contribution in [0.3, 0.4) is 0 Å². The molecule has 0 aromatic carbocycles. The van der Waals surface area contributed by atoms with Gasteiger partial charge in [-0.3, -0.25) is 0 Å². The van der Waals surface area contributed by atoms with E-state index in [1.165, 1.54) is 25.7 Å². The lowest BCUT2D eigenvalue weighted by molar-refractivity contribution is 0.0324. The summed E-state index contributed by atoms with van der Waals surface area (Å²) in [5, 5.41) is 21.3. The summed E-state index contributed by atoms with van der Waals surface area (Å²) in [6.45, 7) is 4.45. The van der Waals surface area contributed by atoms with E-state index >= 15 is 0 Å². The van der Waals surface area contributed by atoms with E-state index in [2.05, 4.69) is 25.7 Å². The largest absolute Gasteiger partial charge is 0.378 e. The minimum Gasteiger partial charge on any atom is -0.378 e. The van der Waals surface area contributed by atoms with Gasteiger partial charge in [-0.25, -0.2) is 0 Å². The van der Waals surface area contributed by atoms with E-state index in [1.807, 2.05) is 0 Å². The first kappa shape index (κ1) is 17.8. The van der Waals surface area contributed by atoms with Crippen LogP contribution in [0.5, 0.6) is 0 Å². The second-order valence-corrected chi connectivity index (χ2v) is 7.78. The maximum Gasteiger partial charge on any atom is 0.125 e. The van der Waals surface area contributed by atoms with Crippen molar-refractivity contribution in [2.24, 2.45) is 11.8 Å². The zero-order valence-electron chi connectivity index (χ0n) is 14.5. The molecule has 0 aliphatic heterocycles. The van der Waals surface area contributed by atoms with Crippen LogP contribution in [-0.2, 0) is 0 Å². The number of hydrogen-bond acceptors (Lipinski definition) is 2. The van der Waals surface area contributed by atoms with E-state index in [4.69, 9.17) is 0 Å². The van der Waals surface area contributed by atoms with Crippen LogP contribution in [0, 0.1) is 23.7 Å². The van der Waals surface area contributed by atoms with E-state index in [0.717, 1.165) is 63.2 Å². The lowest BCUT2D eigenvalue weighted by atomic mass is 9.75. The van der Waals surface area contributed by atoms with E-state index in [1.54, 1.807) is 0 Å². The van der Waals surface area contributed by atoms with Crippen LogP contribution >= 0.6 is 0 Å². The van der Waals surface area contributed by atoms with Gasteiger partial charge in [0.25, 0.3) is 0 Å². The zero-order valence-corrected chi connectivity index (χ0v) is 14.5. The van der Waals surface area contributed by atoms with Crippen molar-refractivity contribution in [1.29, 1.82) is 0 Å². The summed E-state index contributed by atoms with van der Waals surface area (Å²) < 4.78 is 0. The fourth-order valence-electron chi connectivity index (χ4n) is 4.19. The summed E-state index contributed by atoms with van der Waals surface area (Å²) in [7, 11) is 0. The zero-order chi connectivity index (χ0) is 16.1. The van der Waals surface area contributed by atoms with Gasteiger partial charge in [0.1, 0.15) is 11.2 Å². The third kappa shape index (κ3) is 5.00. The Labute approximate surface area is 136 Å². The molecule has 2 fully saturated rings. The Morgan fingerprint density at radius 3 is 1.32 bits per heavy atom. The lowest BCUT2D eigenvalue weighted by Gasteiger charge is -2.34. The van der Waals surface area contributed by atoms with E-state index in [9.17, 15) is 10.2 Å². The van der Waals surface area contributed by atoms with Crippen molar-refractivity contribution in [2.75, 3.05) is 0 Å². The number of rotatable bonds is 4. The normalized spacial score (nSPS) is 39.1. The van der Waals surface area contributed by atoms with Crippen molar-refractivity contribution in [3.8, 4) is 11.8 Å². The van der Waals surface area contributed by atoms with Gasteiger partial charge in [-0.1, -0.05) is 51.4 Å². The van der Waals surface area contributed by atoms with E-state index < -0.39 is 11.2 Å². The molecule has 0 amide bonds. The van der Waals surface area contributed by atoms with Gasteiger partial charge in [0.05, 0.1) is 0 Å². The number of hydrogen-bond donors (Lipinski definition) is 2. The molecule has 22 heavy (non-hydrogen) atoms. The first-order chi connectivity index (χ1) is 10.5. The molecular weight excluding hydrogens is 272 g/mol. The second kappa shape index (κ2) is 7.84. The standard InChI is InChI=1S/C20H34O2/c1-3-5-17-7-11-19(21,12-8-17)15-16-20(22)13-9-18(6-4-2)10-14-20/h17-18,21-22H,3-14H2,1-2H3. The quantitative estimate of drug-likeness (QED) is 0.754. The molecular formula is C20H34O2. The summed E-state index contributed by atoms with van der Waals surface area (Å²) in [4.78, 5) is 0. The molecule has 0 heterocycles. The van der Waals surface area contributed by atoms with Gasteiger partial charge >= 0.3 is 0 Å². The molecule has 2 rings (SSSR count). The Kier molecular flexibility index (Phi) is 6.36. The van der Waals surface area contributed by atoms with Gasteiger partial charge in [-0.2, -0.15) is 0 Å². The van der Waals surface area contributed by atoms with Gasteiger partial charge in [-0.15, -0.1) is 0 Å². The van der Waals surface area contributed by atoms with Gasteiger partial charge in [0.2, 0.25) is 0 Å². The Bertz CT molecular complexity index is 352. The molecule has 2 aliphatic rings. The molecule has 0 unspecified atom stereocenters. The molecule has 0 radical (unpaired) electrons. The predicted molar refractivity (Wildman–Crippen MR) is 91.4 cm³/mol. The molecule has 2 aliphatic carbocycles. The third-order valence-electron chi connectivity index (χ3n) is 5.79. The molecule has 0 aromatic heterocycles. The van der Waals surface area contributed by atoms with Crippen LogP contribution in [0.15, 0.2) is 0 Å². The van der Waals surface area contributed by atoms with Crippen LogP contribution < -0.4 is 0 Å². The monoisotopic (exact) mass is 306 g/mol. The molecule has 0 spiro atoms. The fraction of sp³-hybridized carbons (Fsp3) is 0.900. The Morgan fingerprint density at radius 1 is 0.727 bits per heavy atom.